The summed E-state index contributed by atoms with van der Waals surface area (Å²) in [7, 11) is 0. The number of ether oxygens (including phenoxy) is 1. The van der Waals surface area contributed by atoms with Crippen molar-refractivity contribution in [2.75, 3.05) is 13.1 Å². The van der Waals surface area contributed by atoms with Gasteiger partial charge in [0.15, 0.2) is 10.8 Å². The highest BCUT2D eigenvalue weighted by atomic mass is 32.1. The molecule has 1 saturated carbocycles. The normalized spacial score (nSPS) is 20.4. The van der Waals surface area contributed by atoms with E-state index in [1.165, 1.54) is 43.3 Å². The molecule has 3 heterocycles. The molecule has 0 aromatic carbocycles. The zero-order valence-corrected chi connectivity index (χ0v) is 20.5. The van der Waals surface area contributed by atoms with Gasteiger partial charge in [-0.1, -0.05) is 39.5 Å². The van der Waals surface area contributed by atoms with Crippen LogP contribution in [0.15, 0.2) is 6.33 Å². The number of thiazole rings is 1. The van der Waals surface area contributed by atoms with Gasteiger partial charge in [0.1, 0.15) is 17.3 Å². The van der Waals surface area contributed by atoms with Gasteiger partial charge in [-0.15, -0.1) is 11.3 Å². The van der Waals surface area contributed by atoms with Gasteiger partial charge in [-0.25, -0.2) is 9.97 Å². The van der Waals surface area contributed by atoms with Gasteiger partial charge < -0.3 is 15.0 Å². The van der Waals surface area contributed by atoms with Crippen LogP contribution in [-0.2, 0) is 9.53 Å². The van der Waals surface area contributed by atoms with Gasteiger partial charge in [0.05, 0.1) is 17.8 Å². The number of hydrogen-bond acceptors (Lipinski definition) is 7. The van der Waals surface area contributed by atoms with Crippen molar-refractivity contribution in [3.8, 4) is 10.8 Å². The van der Waals surface area contributed by atoms with E-state index in [2.05, 4.69) is 25.5 Å². The summed E-state index contributed by atoms with van der Waals surface area (Å²) < 4.78 is 6.03. The first kappa shape index (κ1) is 23.8. The van der Waals surface area contributed by atoms with Crippen molar-refractivity contribution in [1.29, 1.82) is 0 Å². The number of aromatic nitrogens is 4. The highest BCUT2D eigenvalue weighted by Crippen LogP contribution is 2.33. The first-order valence-corrected chi connectivity index (χ1v) is 12.9. The van der Waals surface area contributed by atoms with Crippen molar-refractivity contribution >= 4 is 23.2 Å². The molecule has 1 aliphatic carbocycles. The summed E-state index contributed by atoms with van der Waals surface area (Å²) in [5.74, 6) is 0.538. The number of hydrogen-bond donors (Lipinski definition) is 2. The zero-order chi connectivity index (χ0) is 23.4. The van der Waals surface area contributed by atoms with Crippen LogP contribution in [0.3, 0.4) is 0 Å². The number of aromatic amines is 1. The minimum atomic E-state index is -0.476. The third-order valence-electron chi connectivity index (χ3n) is 6.50. The number of carbonyl (C=O) groups is 2. The summed E-state index contributed by atoms with van der Waals surface area (Å²) in [6.07, 6.45) is 8.92. The summed E-state index contributed by atoms with van der Waals surface area (Å²) >= 11 is 1.34. The van der Waals surface area contributed by atoms with Crippen LogP contribution in [0.25, 0.3) is 10.8 Å². The van der Waals surface area contributed by atoms with Crippen molar-refractivity contribution in [1.82, 2.24) is 30.4 Å². The smallest absolute Gasteiger partial charge is 0.266 e. The van der Waals surface area contributed by atoms with Gasteiger partial charge in [0.25, 0.3) is 5.91 Å². The SMILES string of the molecule is CC(OC1CCCCCC1)C(=O)NCC1CCN1C(=O)c1sc(-c2ncn[nH]2)nc1C(C)C. The highest BCUT2D eigenvalue weighted by Gasteiger charge is 2.36. The number of amides is 2. The lowest BCUT2D eigenvalue weighted by atomic mass is 10.0. The number of carbonyl (C=O) groups excluding carboxylic acids is 2. The second kappa shape index (κ2) is 10.7. The minimum Gasteiger partial charge on any atom is -0.365 e. The van der Waals surface area contributed by atoms with Crippen LogP contribution in [0.4, 0.5) is 0 Å². The standard InChI is InChI=1S/C23H34N6O3S/c1-14(2)18-19(33-22(27-18)20-25-13-26-28-20)23(31)29-11-10-16(29)12-24-21(30)15(3)32-17-8-6-4-5-7-9-17/h13-17H,4-12H2,1-3H3,(H,24,30)(H,25,26,28). The van der Waals surface area contributed by atoms with E-state index in [0.29, 0.717) is 28.8 Å². The predicted octanol–water partition coefficient (Wildman–Crippen LogP) is 3.51. The first-order valence-electron chi connectivity index (χ1n) is 12.0. The van der Waals surface area contributed by atoms with Gasteiger partial charge in [-0.2, -0.15) is 5.10 Å². The molecule has 33 heavy (non-hydrogen) atoms. The molecular weight excluding hydrogens is 440 g/mol. The molecule has 180 valence electrons. The molecule has 1 aliphatic heterocycles. The number of rotatable bonds is 8. The quantitative estimate of drug-likeness (QED) is 0.566. The van der Waals surface area contributed by atoms with Crippen LogP contribution in [0.1, 0.15) is 87.0 Å². The average molecular weight is 475 g/mol. The van der Waals surface area contributed by atoms with E-state index < -0.39 is 6.10 Å². The Labute approximate surface area is 198 Å². The van der Waals surface area contributed by atoms with Crippen molar-refractivity contribution < 1.29 is 14.3 Å². The van der Waals surface area contributed by atoms with Crippen LogP contribution in [0.2, 0.25) is 0 Å². The van der Waals surface area contributed by atoms with Gasteiger partial charge in [0, 0.05) is 13.1 Å². The highest BCUT2D eigenvalue weighted by molar-refractivity contribution is 7.17. The molecule has 10 heteroatoms. The van der Waals surface area contributed by atoms with Crippen LogP contribution >= 0.6 is 11.3 Å². The maximum atomic E-state index is 13.3. The van der Waals surface area contributed by atoms with E-state index in [1.807, 2.05) is 25.7 Å². The van der Waals surface area contributed by atoms with Crippen molar-refractivity contribution in [2.24, 2.45) is 0 Å². The molecule has 2 N–H and O–H groups in total. The number of nitrogens with zero attached hydrogens (tertiary/aromatic N) is 4. The molecule has 9 nitrogen and oxygen atoms in total. The second-order valence-corrected chi connectivity index (χ2v) is 10.3. The van der Waals surface area contributed by atoms with Crippen LogP contribution < -0.4 is 5.32 Å². The molecule has 2 aromatic rings. The molecule has 2 fully saturated rings. The van der Waals surface area contributed by atoms with Crippen molar-refractivity contribution in [3.05, 3.63) is 16.9 Å². The number of likely N-dealkylation sites (tertiary alicyclic amines) is 1. The fourth-order valence-electron chi connectivity index (χ4n) is 4.43. The van der Waals surface area contributed by atoms with Gasteiger partial charge in [-0.05, 0) is 32.1 Å². The molecule has 0 spiro atoms. The fraction of sp³-hybridized carbons (Fsp3) is 0.696. The largest absolute Gasteiger partial charge is 0.365 e. The monoisotopic (exact) mass is 474 g/mol. The van der Waals surface area contributed by atoms with Crippen molar-refractivity contribution in [3.63, 3.8) is 0 Å². The Morgan fingerprint density at radius 3 is 2.58 bits per heavy atom. The molecule has 0 radical (unpaired) electrons. The Hall–Kier alpha value is -2.33. The lowest BCUT2D eigenvalue weighted by Crippen LogP contribution is -2.56. The fourth-order valence-corrected chi connectivity index (χ4v) is 5.55. The molecule has 2 atom stereocenters. The summed E-state index contributed by atoms with van der Waals surface area (Å²) in [5.41, 5.74) is 0.775. The van der Waals surface area contributed by atoms with E-state index in [0.717, 1.165) is 25.0 Å². The summed E-state index contributed by atoms with van der Waals surface area (Å²) in [6.45, 7) is 6.99. The maximum Gasteiger partial charge on any atom is 0.266 e. The topological polar surface area (TPSA) is 113 Å². The Morgan fingerprint density at radius 1 is 1.21 bits per heavy atom. The Bertz CT molecular complexity index is 936. The van der Waals surface area contributed by atoms with Crippen LogP contribution in [0.5, 0.6) is 0 Å². The third-order valence-corrected chi connectivity index (χ3v) is 7.56. The van der Waals surface area contributed by atoms with Crippen molar-refractivity contribution in [2.45, 2.75) is 89.9 Å². The molecular formula is C23H34N6O3S. The molecule has 2 amide bonds. The van der Waals surface area contributed by atoms with Gasteiger partial charge >= 0.3 is 0 Å². The Morgan fingerprint density at radius 2 is 1.97 bits per heavy atom. The summed E-state index contributed by atoms with van der Waals surface area (Å²) in [6, 6.07) is -0.0117. The van der Waals surface area contributed by atoms with E-state index in [9.17, 15) is 9.59 Å². The van der Waals surface area contributed by atoms with E-state index in [4.69, 9.17) is 4.74 Å². The summed E-state index contributed by atoms with van der Waals surface area (Å²) in [5, 5.41) is 10.4. The molecule has 4 rings (SSSR count). The number of H-pyrrole nitrogens is 1. The maximum absolute atomic E-state index is 13.3. The Balaban J connectivity index is 1.33. The average Bonchev–Trinajstić information content (AvgIpc) is 3.39. The second-order valence-electron chi connectivity index (χ2n) is 9.30. The minimum absolute atomic E-state index is 0.0117. The van der Waals surface area contributed by atoms with E-state index in [1.54, 1.807) is 0 Å². The molecule has 2 unspecified atom stereocenters. The molecule has 2 aliphatic rings. The van der Waals surface area contributed by atoms with Crippen LogP contribution in [0, 0.1) is 0 Å². The first-order chi connectivity index (χ1) is 15.9. The van der Waals surface area contributed by atoms with E-state index >= 15 is 0 Å². The van der Waals surface area contributed by atoms with Gasteiger partial charge in [-0.3, -0.25) is 14.7 Å². The lowest BCUT2D eigenvalue weighted by molar-refractivity contribution is -0.136. The Kier molecular flexibility index (Phi) is 7.75. The molecule has 1 saturated heterocycles. The molecule has 2 aromatic heterocycles. The lowest BCUT2D eigenvalue weighted by Gasteiger charge is -2.41. The molecule has 0 bridgehead atoms. The third kappa shape index (κ3) is 5.60. The van der Waals surface area contributed by atoms with E-state index in [-0.39, 0.29) is 29.9 Å². The predicted molar refractivity (Wildman–Crippen MR) is 126 cm³/mol. The summed E-state index contributed by atoms with van der Waals surface area (Å²) in [4.78, 5) is 37.2. The number of nitrogens with one attached hydrogen (secondary N) is 2. The van der Waals surface area contributed by atoms with Crippen LogP contribution in [-0.4, -0.2) is 68.2 Å². The van der Waals surface area contributed by atoms with Gasteiger partial charge in [0.2, 0.25) is 5.91 Å². The zero-order valence-electron chi connectivity index (χ0n) is 19.7.